The van der Waals surface area contributed by atoms with Crippen LogP contribution in [0.5, 0.6) is 0 Å². The zero-order valence-electron chi connectivity index (χ0n) is 13.3. The summed E-state index contributed by atoms with van der Waals surface area (Å²) in [5, 5.41) is 2.82. The van der Waals surface area contributed by atoms with Crippen molar-refractivity contribution in [2.75, 3.05) is 5.32 Å². The molecule has 0 aliphatic heterocycles. The zero-order valence-corrected chi connectivity index (χ0v) is 14.1. The molecule has 2 fully saturated rings. The van der Waals surface area contributed by atoms with E-state index in [4.69, 9.17) is 0 Å². The Kier molecular flexibility index (Phi) is 5.02. The SMILES string of the molecule is O=C(CCC1CCCC1)Nc1cccc(S(=O)(=O)NC2CC2)c1. The van der Waals surface area contributed by atoms with Gasteiger partial charge in [0, 0.05) is 18.2 Å². The molecule has 0 heterocycles. The topological polar surface area (TPSA) is 75.3 Å². The number of hydrogen-bond acceptors (Lipinski definition) is 3. The van der Waals surface area contributed by atoms with Crippen LogP contribution >= 0.6 is 0 Å². The monoisotopic (exact) mass is 336 g/mol. The first-order valence-electron chi connectivity index (χ1n) is 8.45. The number of carbonyl (C=O) groups excluding carboxylic acids is 1. The second kappa shape index (κ2) is 7.01. The molecule has 0 atom stereocenters. The van der Waals surface area contributed by atoms with E-state index in [9.17, 15) is 13.2 Å². The van der Waals surface area contributed by atoms with Gasteiger partial charge in [0.2, 0.25) is 15.9 Å². The number of amides is 1. The summed E-state index contributed by atoms with van der Waals surface area (Å²) >= 11 is 0. The van der Waals surface area contributed by atoms with Gasteiger partial charge >= 0.3 is 0 Å². The van der Waals surface area contributed by atoms with Crippen LogP contribution in [-0.4, -0.2) is 20.4 Å². The van der Waals surface area contributed by atoms with E-state index in [2.05, 4.69) is 10.0 Å². The smallest absolute Gasteiger partial charge is 0.240 e. The molecule has 3 rings (SSSR count). The largest absolute Gasteiger partial charge is 0.326 e. The van der Waals surface area contributed by atoms with Crippen LogP contribution in [0.15, 0.2) is 29.2 Å². The molecule has 1 amide bonds. The Morgan fingerprint density at radius 2 is 1.87 bits per heavy atom. The minimum atomic E-state index is -3.48. The maximum absolute atomic E-state index is 12.2. The summed E-state index contributed by atoms with van der Waals surface area (Å²) in [4.78, 5) is 12.2. The lowest BCUT2D eigenvalue weighted by atomic mass is 10.0. The minimum absolute atomic E-state index is 0.0402. The number of hydrogen-bond donors (Lipinski definition) is 2. The standard InChI is InChI=1S/C17H24N2O3S/c20-17(11-8-13-4-1-2-5-13)18-15-6-3-7-16(12-15)23(21,22)19-14-9-10-14/h3,6-7,12-14,19H,1-2,4-5,8-11H2,(H,18,20). The van der Waals surface area contributed by atoms with Gasteiger partial charge in [-0.2, -0.15) is 0 Å². The van der Waals surface area contributed by atoms with Gasteiger partial charge in [0.25, 0.3) is 0 Å². The van der Waals surface area contributed by atoms with Crippen LogP contribution < -0.4 is 10.0 Å². The molecule has 0 bridgehead atoms. The highest BCUT2D eigenvalue weighted by Gasteiger charge is 2.28. The lowest BCUT2D eigenvalue weighted by Crippen LogP contribution is -2.25. The summed E-state index contributed by atoms with van der Waals surface area (Å²) in [5.74, 6) is 0.636. The van der Waals surface area contributed by atoms with Crippen molar-refractivity contribution >= 4 is 21.6 Å². The molecular formula is C17H24N2O3S. The van der Waals surface area contributed by atoms with Crippen LogP contribution in [0.4, 0.5) is 5.69 Å². The van der Waals surface area contributed by atoms with E-state index in [0.29, 0.717) is 18.0 Å². The summed E-state index contributed by atoms with van der Waals surface area (Å²) in [6, 6.07) is 6.54. The lowest BCUT2D eigenvalue weighted by Gasteiger charge is -2.10. The van der Waals surface area contributed by atoms with Crippen molar-refractivity contribution < 1.29 is 13.2 Å². The number of nitrogens with one attached hydrogen (secondary N) is 2. The van der Waals surface area contributed by atoms with Crippen LogP contribution in [0.3, 0.4) is 0 Å². The van der Waals surface area contributed by atoms with E-state index in [0.717, 1.165) is 19.3 Å². The molecule has 6 heteroatoms. The molecule has 1 aromatic rings. The highest BCUT2D eigenvalue weighted by molar-refractivity contribution is 7.89. The third-order valence-electron chi connectivity index (χ3n) is 4.58. The third kappa shape index (κ3) is 4.78. The highest BCUT2D eigenvalue weighted by Crippen LogP contribution is 2.28. The Hall–Kier alpha value is -1.40. The Morgan fingerprint density at radius 3 is 2.57 bits per heavy atom. The van der Waals surface area contributed by atoms with Gasteiger partial charge < -0.3 is 5.32 Å². The predicted octanol–water partition coefficient (Wildman–Crippen LogP) is 3.04. The molecule has 0 radical (unpaired) electrons. The molecule has 0 saturated heterocycles. The molecule has 0 spiro atoms. The van der Waals surface area contributed by atoms with Gasteiger partial charge in [-0.25, -0.2) is 13.1 Å². The first-order valence-corrected chi connectivity index (χ1v) is 9.93. The van der Waals surface area contributed by atoms with Gasteiger partial charge in [-0.05, 0) is 43.4 Å². The highest BCUT2D eigenvalue weighted by atomic mass is 32.2. The molecule has 126 valence electrons. The van der Waals surface area contributed by atoms with E-state index in [1.165, 1.54) is 31.7 Å². The summed E-state index contributed by atoms with van der Waals surface area (Å²) in [6.45, 7) is 0. The molecule has 23 heavy (non-hydrogen) atoms. The maximum Gasteiger partial charge on any atom is 0.240 e. The Labute approximate surface area is 137 Å². The Bertz CT molecular complexity index is 662. The van der Waals surface area contributed by atoms with Crippen LogP contribution in [-0.2, 0) is 14.8 Å². The first kappa shape index (κ1) is 16.5. The average Bonchev–Trinajstić information content (AvgIpc) is 3.16. The lowest BCUT2D eigenvalue weighted by molar-refractivity contribution is -0.116. The minimum Gasteiger partial charge on any atom is -0.326 e. The molecule has 5 nitrogen and oxygen atoms in total. The molecule has 2 aliphatic rings. The van der Waals surface area contributed by atoms with Crippen LogP contribution in [0, 0.1) is 5.92 Å². The number of anilines is 1. The molecule has 1 aromatic carbocycles. The quantitative estimate of drug-likeness (QED) is 0.803. The number of sulfonamides is 1. The Morgan fingerprint density at radius 1 is 1.13 bits per heavy atom. The molecule has 2 aliphatic carbocycles. The summed E-state index contributed by atoms with van der Waals surface area (Å²) in [6.07, 6.45) is 8.24. The van der Waals surface area contributed by atoms with E-state index in [-0.39, 0.29) is 16.8 Å². The van der Waals surface area contributed by atoms with Crippen LogP contribution in [0.2, 0.25) is 0 Å². The summed E-state index contributed by atoms with van der Waals surface area (Å²) in [7, 11) is -3.48. The molecule has 2 N–H and O–H groups in total. The average molecular weight is 336 g/mol. The van der Waals surface area contributed by atoms with Crippen molar-refractivity contribution in [3.05, 3.63) is 24.3 Å². The van der Waals surface area contributed by atoms with Crippen molar-refractivity contribution in [2.45, 2.75) is 62.3 Å². The molecular weight excluding hydrogens is 312 g/mol. The molecule has 0 aromatic heterocycles. The number of benzene rings is 1. The van der Waals surface area contributed by atoms with Gasteiger partial charge in [0.1, 0.15) is 0 Å². The second-order valence-electron chi connectivity index (χ2n) is 6.66. The third-order valence-corrected chi connectivity index (χ3v) is 6.10. The number of carbonyl (C=O) groups is 1. The van der Waals surface area contributed by atoms with Crippen molar-refractivity contribution in [3.8, 4) is 0 Å². The van der Waals surface area contributed by atoms with Crippen molar-refractivity contribution in [2.24, 2.45) is 5.92 Å². The molecule has 2 saturated carbocycles. The predicted molar refractivity (Wildman–Crippen MR) is 89.6 cm³/mol. The summed E-state index contributed by atoms with van der Waals surface area (Å²) < 4.78 is 27.0. The van der Waals surface area contributed by atoms with Gasteiger partial charge in [-0.3, -0.25) is 4.79 Å². The normalized spacial score (nSPS) is 19.0. The molecule has 0 unspecified atom stereocenters. The van der Waals surface area contributed by atoms with Crippen molar-refractivity contribution in [1.29, 1.82) is 0 Å². The van der Waals surface area contributed by atoms with Crippen molar-refractivity contribution in [3.63, 3.8) is 0 Å². The fourth-order valence-corrected chi connectivity index (χ4v) is 4.44. The zero-order chi connectivity index (χ0) is 16.3. The van der Waals surface area contributed by atoms with E-state index in [1.807, 2.05) is 0 Å². The summed E-state index contributed by atoms with van der Waals surface area (Å²) in [5.41, 5.74) is 0.542. The van der Waals surface area contributed by atoms with E-state index >= 15 is 0 Å². The van der Waals surface area contributed by atoms with E-state index in [1.54, 1.807) is 18.2 Å². The second-order valence-corrected chi connectivity index (χ2v) is 8.37. The maximum atomic E-state index is 12.2. The van der Waals surface area contributed by atoms with Crippen molar-refractivity contribution in [1.82, 2.24) is 4.72 Å². The van der Waals surface area contributed by atoms with E-state index < -0.39 is 10.0 Å². The first-order chi connectivity index (χ1) is 11.0. The fraction of sp³-hybridized carbons (Fsp3) is 0.588. The fourth-order valence-electron chi connectivity index (χ4n) is 3.09. The van der Waals surface area contributed by atoms with Gasteiger partial charge in [0.05, 0.1) is 4.90 Å². The van der Waals surface area contributed by atoms with Crippen LogP contribution in [0.1, 0.15) is 51.4 Å². The Balaban J connectivity index is 1.57. The van der Waals surface area contributed by atoms with Gasteiger partial charge in [0.15, 0.2) is 0 Å². The number of rotatable bonds is 7. The van der Waals surface area contributed by atoms with Gasteiger partial charge in [-0.15, -0.1) is 0 Å². The van der Waals surface area contributed by atoms with Gasteiger partial charge in [-0.1, -0.05) is 31.7 Å². The van der Waals surface area contributed by atoms with Crippen LogP contribution in [0.25, 0.3) is 0 Å².